The van der Waals surface area contributed by atoms with Crippen molar-refractivity contribution in [2.45, 2.75) is 13.5 Å². The van der Waals surface area contributed by atoms with Gasteiger partial charge in [-0.25, -0.2) is 4.79 Å². The van der Waals surface area contributed by atoms with E-state index in [-0.39, 0.29) is 6.03 Å². The molecule has 2 amide bonds. The molecule has 0 aliphatic carbocycles. The van der Waals surface area contributed by atoms with E-state index in [1.54, 1.807) is 7.05 Å². The van der Waals surface area contributed by atoms with Crippen LogP contribution in [-0.2, 0) is 6.54 Å². The van der Waals surface area contributed by atoms with Gasteiger partial charge in [-0.2, -0.15) is 0 Å². The van der Waals surface area contributed by atoms with Crippen LogP contribution < -0.4 is 5.32 Å². The van der Waals surface area contributed by atoms with Gasteiger partial charge in [0.15, 0.2) is 0 Å². The first-order valence-corrected chi connectivity index (χ1v) is 5.77. The number of nitrogens with one attached hydrogen (secondary N) is 1. The molecule has 2 aromatic rings. The first-order chi connectivity index (χ1) is 8.15. The van der Waals surface area contributed by atoms with E-state index in [1.807, 2.05) is 19.1 Å². The van der Waals surface area contributed by atoms with Crippen LogP contribution in [0.25, 0.3) is 0 Å². The fourth-order valence-corrected chi connectivity index (χ4v) is 1.71. The molecular formula is C10H12N4O2S. The number of hydrogen-bond donors (Lipinski definition) is 1. The minimum absolute atomic E-state index is 0.217. The lowest BCUT2D eigenvalue weighted by Crippen LogP contribution is -2.30. The molecule has 0 fully saturated rings. The van der Waals surface area contributed by atoms with E-state index in [0.29, 0.717) is 11.5 Å². The summed E-state index contributed by atoms with van der Waals surface area (Å²) in [7, 11) is 1.70. The molecule has 0 aromatic carbocycles. The number of aryl methyl sites for hydroxylation is 1. The fourth-order valence-electron chi connectivity index (χ4n) is 1.30. The maximum atomic E-state index is 11.7. The van der Waals surface area contributed by atoms with E-state index >= 15 is 0 Å². The highest BCUT2D eigenvalue weighted by atomic mass is 32.1. The predicted molar refractivity (Wildman–Crippen MR) is 63.8 cm³/mol. The van der Waals surface area contributed by atoms with Crippen molar-refractivity contribution in [2.75, 3.05) is 12.4 Å². The van der Waals surface area contributed by atoms with Crippen molar-refractivity contribution in [3.63, 3.8) is 0 Å². The molecule has 0 aliphatic rings. The molecule has 0 bridgehead atoms. The zero-order chi connectivity index (χ0) is 12.3. The average molecular weight is 252 g/mol. The molecule has 0 radical (unpaired) electrons. The Kier molecular flexibility index (Phi) is 3.38. The number of carbonyl (C=O) groups is 1. The summed E-state index contributed by atoms with van der Waals surface area (Å²) >= 11 is 1.14. The summed E-state index contributed by atoms with van der Waals surface area (Å²) in [5, 5.41) is 6.95. The number of urea groups is 1. The number of aromatic nitrogens is 2. The summed E-state index contributed by atoms with van der Waals surface area (Å²) in [5.41, 5.74) is 0. The van der Waals surface area contributed by atoms with Gasteiger partial charge in [-0.1, -0.05) is 4.49 Å². The van der Waals surface area contributed by atoms with E-state index in [1.165, 1.54) is 11.1 Å². The van der Waals surface area contributed by atoms with E-state index in [0.717, 1.165) is 23.1 Å². The summed E-state index contributed by atoms with van der Waals surface area (Å²) in [4.78, 5) is 13.3. The third-order valence-corrected chi connectivity index (χ3v) is 2.71. The maximum Gasteiger partial charge on any atom is 0.322 e. The third-order valence-electron chi connectivity index (χ3n) is 2.13. The van der Waals surface area contributed by atoms with Gasteiger partial charge in [0, 0.05) is 18.6 Å². The predicted octanol–water partition coefficient (Wildman–Crippen LogP) is 2.10. The van der Waals surface area contributed by atoms with Crippen molar-refractivity contribution in [1.29, 1.82) is 0 Å². The largest absolute Gasteiger partial charge is 0.464 e. The molecule has 0 atom stereocenters. The maximum absolute atomic E-state index is 11.7. The minimum Gasteiger partial charge on any atom is -0.464 e. The van der Waals surface area contributed by atoms with Gasteiger partial charge < -0.3 is 9.32 Å². The molecule has 90 valence electrons. The molecule has 1 N–H and O–H groups in total. The van der Waals surface area contributed by atoms with Gasteiger partial charge in [0.05, 0.1) is 12.7 Å². The second-order valence-electron chi connectivity index (χ2n) is 3.58. The topological polar surface area (TPSA) is 71.3 Å². The lowest BCUT2D eigenvalue weighted by atomic mass is 10.4. The van der Waals surface area contributed by atoms with E-state index in [2.05, 4.69) is 14.9 Å². The molecule has 0 saturated carbocycles. The van der Waals surface area contributed by atoms with Crippen molar-refractivity contribution >= 4 is 22.6 Å². The highest BCUT2D eigenvalue weighted by Crippen LogP contribution is 2.12. The summed E-state index contributed by atoms with van der Waals surface area (Å²) in [5.74, 6) is 1.59. The first kappa shape index (κ1) is 11.6. The quantitative estimate of drug-likeness (QED) is 0.908. The number of amides is 2. The summed E-state index contributed by atoms with van der Waals surface area (Å²) in [6, 6.07) is 3.51. The molecule has 0 saturated heterocycles. The Morgan fingerprint density at radius 3 is 3.00 bits per heavy atom. The van der Waals surface area contributed by atoms with Crippen molar-refractivity contribution in [1.82, 2.24) is 14.5 Å². The zero-order valence-corrected chi connectivity index (χ0v) is 10.3. The first-order valence-electron chi connectivity index (χ1n) is 5.00. The fraction of sp³-hybridized carbons (Fsp3) is 0.300. The molecule has 17 heavy (non-hydrogen) atoms. The molecule has 2 heterocycles. The highest BCUT2D eigenvalue weighted by Gasteiger charge is 2.12. The van der Waals surface area contributed by atoms with Gasteiger partial charge in [-0.3, -0.25) is 5.32 Å². The highest BCUT2D eigenvalue weighted by molar-refractivity contribution is 7.10. The van der Waals surface area contributed by atoms with Gasteiger partial charge in [0.25, 0.3) is 0 Å². The lowest BCUT2D eigenvalue weighted by molar-refractivity contribution is 0.216. The number of furan rings is 1. The van der Waals surface area contributed by atoms with Crippen LogP contribution in [0.5, 0.6) is 0 Å². The zero-order valence-electron chi connectivity index (χ0n) is 9.51. The molecule has 2 rings (SSSR count). The summed E-state index contributed by atoms with van der Waals surface area (Å²) in [6.07, 6.45) is 1.51. The second-order valence-corrected chi connectivity index (χ2v) is 4.37. The van der Waals surface area contributed by atoms with E-state index in [4.69, 9.17) is 4.42 Å². The van der Waals surface area contributed by atoms with Gasteiger partial charge >= 0.3 is 6.03 Å². The normalized spacial score (nSPS) is 10.2. The van der Waals surface area contributed by atoms with Crippen LogP contribution in [0.3, 0.4) is 0 Å². The molecule has 7 heteroatoms. The number of hydrogen-bond acceptors (Lipinski definition) is 5. The Morgan fingerprint density at radius 2 is 2.41 bits per heavy atom. The van der Waals surface area contributed by atoms with Gasteiger partial charge in [-0.05, 0) is 19.1 Å². The smallest absolute Gasteiger partial charge is 0.322 e. The van der Waals surface area contributed by atoms with Crippen molar-refractivity contribution in [2.24, 2.45) is 0 Å². The monoisotopic (exact) mass is 252 g/mol. The summed E-state index contributed by atoms with van der Waals surface area (Å²) < 4.78 is 9.06. The van der Waals surface area contributed by atoms with Crippen LogP contribution in [0.2, 0.25) is 0 Å². The number of nitrogens with zero attached hydrogens (tertiary/aromatic N) is 3. The molecule has 0 unspecified atom stereocenters. The standard InChI is InChI=1S/C10H12N4O2S/c1-7-3-4-8(16-7)6-14(2)10(15)12-9-5-11-13-17-9/h3-5H,6H2,1-2H3,(H,12,15). The molecule has 0 aliphatic heterocycles. The molecule has 0 spiro atoms. The van der Waals surface area contributed by atoms with Crippen molar-refractivity contribution in [3.05, 3.63) is 29.9 Å². The van der Waals surface area contributed by atoms with Crippen LogP contribution in [0.1, 0.15) is 11.5 Å². The number of carbonyl (C=O) groups excluding carboxylic acids is 1. The van der Waals surface area contributed by atoms with Crippen LogP contribution in [0.4, 0.5) is 9.80 Å². The Morgan fingerprint density at radius 1 is 1.59 bits per heavy atom. The van der Waals surface area contributed by atoms with Gasteiger partial charge in [0.2, 0.25) is 0 Å². The Labute approximate surface area is 102 Å². The van der Waals surface area contributed by atoms with Crippen LogP contribution in [0.15, 0.2) is 22.7 Å². The average Bonchev–Trinajstić information content (AvgIpc) is 2.90. The Hall–Kier alpha value is -1.89. The van der Waals surface area contributed by atoms with Crippen LogP contribution in [0, 0.1) is 6.92 Å². The second kappa shape index (κ2) is 4.96. The van der Waals surface area contributed by atoms with Gasteiger partial charge in [0.1, 0.15) is 16.5 Å². The number of anilines is 1. The van der Waals surface area contributed by atoms with Crippen LogP contribution in [-0.4, -0.2) is 27.6 Å². The minimum atomic E-state index is -0.217. The summed E-state index contributed by atoms with van der Waals surface area (Å²) in [6.45, 7) is 2.29. The number of rotatable bonds is 3. The van der Waals surface area contributed by atoms with Gasteiger partial charge in [-0.15, -0.1) is 5.10 Å². The molecular weight excluding hydrogens is 240 g/mol. The van der Waals surface area contributed by atoms with Crippen LogP contribution >= 0.6 is 11.5 Å². The lowest BCUT2D eigenvalue weighted by Gasteiger charge is -2.15. The van der Waals surface area contributed by atoms with E-state index < -0.39 is 0 Å². The molecule has 2 aromatic heterocycles. The van der Waals surface area contributed by atoms with Crippen molar-refractivity contribution in [3.8, 4) is 0 Å². The SMILES string of the molecule is Cc1ccc(CN(C)C(=O)Nc2cnns2)o1. The Balaban J connectivity index is 1.91. The third kappa shape index (κ3) is 3.04. The molecule has 6 nitrogen and oxygen atoms in total. The Bertz CT molecular complexity index is 494. The van der Waals surface area contributed by atoms with E-state index in [9.17, 15) is 4.79 Å². The van der Waals surface area contributed by atoms with Crippen molar-refractivity contribution < 1.29 is 9.21 Å².